The first-order chi connectivity index (χ1) is 26.2. The number of carbonyl (C=O) groups is 3. The van der Waals surface area contributed by atoms with E-state index in [4.69, 9.17) is 41.0 Å². The third-order valence-electron chi connectivity index (χ3n) is 10.9. The molecule has 2 saturated heterocycles. The van der Waals surface area contributed by atoms with Gasteiger partial charge in [0, 0.05) is 39.6 Å². The number of nitrogens with two attached hydrogens (primary N) is 1. The number of carbonyl (C=O) groups excluding carboxylic acids is 3. The van der Waals surface area contributed by atoms with Gasteiger partial charge in [0.2, 0.25) is 12.3 Å². The number of benzene rings is 2. The molecule has 0 radical (unpaired) electrons. The van der Waals surface area contributed by atoms with Crippen molar-refractivity contribution >= 4 is 40.8 Å². The van der Waals surface area contributed by atoms with Crippen LogP contribution < -0.4 is 20.7 Å². The van der Waals surface area contributed by atoms with Crippen LogP contribution in [0.5, 0.6) is 5.75 Å². The van der Waals surface area contributed by atoms with Gasteiger partial charge in [-0.25, -0.2) is 18.9 Å². The van der Waals surface area contributed by atoms with Crippen LogP contribution in [0.3, 0.4) is 0 Å². The van der Waals surface area contributed by atoms with Gasteiger partial charge < -0.3 is 49.4 Å². The summed E-state index contributed by atoms with van der Waals surface area (Å²) in [5.41, 5.74) is 3.16. The number of rotatable bonds is 6. The summed E-state index contributed by atoms with van der Waals surface area (Å²) < 4.78 is 58.1. The maximum Gasteiger partial charge on any atom is 0.328 e. The fourth-order valence-corrected chi connectivity index (χ4v) is 7.52. The highest BCUT2D eigenvalue weighted by Crippen LogP contribution is 2.49. The summed E-state index contributed by atoms with van der Waals surface area (Å²) in [5.74, 6) is -4.86. The molecule has 56 heavy (non-hydrogen) atoms. The monoisotopic (exact) mass is 806 g/mol. The Morgan fingerprint density at radius 1 is 1.20 bits per heavy atom. The van der Waals surface area contributed by atoms with Crippen LogP contribution in [0.2, 0.25) is 5.02 Å². The maximum atomic E-state index is 14.7. The molecule has 2 aromatic rings. The van der Waals surface area contributed by atoms with Crippen LogP contribution in [-0.2, 0) is 35.0 Å². The molecule has 17 heteroatoms. The van der Waals surface area contributed by atoms with Crippen LogP contribution in [-0.4, -0.2) is 109 Å². The van der Waals surface area contributed by atoms with Crippen molar-refractivity contribution in [3.63, 3.8) is 0 Å². The van der Waals surface area contributed by atoms with Crippen molar-refractivity contribution in [1.29, 1.82) is 0 Å². The van der Waals surface area contributed by atoms with Crippen molar-refractivity contribution in [3.05, 3.63) is 75.9 Å². The second-order valence-electron chi connectivity index (χ2n) is 14.8. The van der Waals surface area contributed by atoms with Crippen molar-refractivity contribution in [3.8, 4) is 5.75 Å². The molecule has 5 rings (SSSR count). The summed E-state index contributed by atoms with van der Waals surface area (Å²) in [4.78, 5) is 43.4. The zero-order chi connectivity index (χ0) is 41.4. The first-order valence-corrected chi connectivity index (χ1v) is 18.4. The highest BCUT2D eigenvalue weighted by molar-refractivity contribution is 6.35. The molecule has 3 aliphatic rings. The summed E-state index contributed by atoms with van der Waals surface area (Å²) in [6.45, 7) is 6.64. The standard InChI is InChI=1S/C39H49ClF2N4O10/c1-19-10-9-11-30(53-8)39(51)18-29(54-37(50)44-39)20(2)34-38(4,56-34)31(17-32(47)46(6)27-13-22(12-19)14-28(52-7)33(27)40)55-36(49)21(3)45(5)35(48)23-15-25(42)26(43)16-24(23)41/h9-11,13-16,20-21,29-31,34,37,44,50-51H,12,17-18,43H2,1-8H3/b11-9+,19-10+/t20-,21+,29+,30-,31+,34+,37?,38+,39+/m1/s1. The smallest absolute Gasteiger partial charge is 0.328 e. The Labute approximate surface area is 329 Å². The number of ether oxygens (including phenoxy) is 5. The van der Waals surface area contributed by atoms with E-state index >= 15 is 0 Å². The number of nitrogens with zero attached hydrogens (tertiary/aromatic N) is 2. The van der Waals surface area contributed by atoms with E-state index in [9.17, 15) is 33.4 Å². The van der Waals surface area contributed by atoms with Gasteiger partial charge in [0.05, 0.1) is 42.7 Å². The molecule has 0 saturated carbocycles. The topological polar surface area (TPSA) is 186 Å². The zero-order valence-electron chi connectivity index (χ0n) is 32.5. The Morgan fingerprint density at radius 2 is 1.89 bits per heavy atom. The van der Waals surface area contributed by atoms with Crippen LogP contribution in [0.25, 0.3) is 0 Å². The van der Waals surface area contributed by atoms with E-state index in [1.807, 2.05) is 13.0 Å². The van der Waals surface area contributed by atoms with Crippen molar-refractivity contribution in [2.24, 2.45) is 5.92 Å². The van der Waals surface area contributed by atoms with Crippen molar-refractivity contribution in [2.75, 3.05) is 38.9 Å². The summed E-state index contributed by atoms with van der Waals surface area (Å²) in [5, 5.41) is 25.3. The van der Waals surface area contributed by atoms with Crippen molar-refractivity contribution < 1.29 is 57.1 Å². The largest absolute Gasteiger partial charge is 0.495 e. The predicted molar refractivity (Wildman–Crippen MR) is 202 cm³/mol. The number of halogens is 3. The summed E-state index contributed by atoms with van der Waals surface area (Å²) >= 11 is 6.74. The predicted octanol–water partition coefficient (Wildman–Crippen LogP) is 3.84. The molecule has 2 amide bonds. The number of methoxy groups -OCH3 is 2. The minimum absolute atomic E-state index is 0.0603. The fraction of sp³-hybridized carbons (Fsp3) is 0.513. The molecular weight excluding hydrogens is 758 g/mol. The molecule has 2 fully saturated rings. The van der Waals surface area contributed by atoms with E-state index in [1.54, 1.807) is 38.1 Å². The van der Waals surface area contributed by atoms with Gasteiger partial charge in [-0.15, -0.1) is 0 Å². The molecule has 5 N–H and O–H groups in total. The summed E-state index contributed by atoms with van der Waals surface area (Å²) in [7, 11) is 5.61. The molecule has 1 unspecified atom stereocenters. The number of hydrogen-bond donors (Lipinski definition) is 4. The number of nitrogen functional groups attached to an aromatic ring is 1. The third kappa shape index (κ3) is 8.71. The lowest BCUT2D eigenvalue weighted by atomic mass is 9.83. The second kappa shape index (κ2) is 16.7. The molecule has 0 spiro atoms. The van der Waals surface area contributed by atoms with Gasteiger partial charge in [0.15, 0.2) is 5.72 Å². The molecular formula is C39H49ClF2N4O10. The van der Waals surface area contributed by atoms with Gasteiger partial charge in [0.1, 0.15) is 46.3 Å². The van der Waals surface area contributed by atoms with Gasteiger partial charge in [-0.2, -0.15) is 0 Å². The number of nitrogens with one attached hydrogen (secondary N) is 1. The number of esters is 1. The zero-order valence-corrected chi connectivity index (χ0v) is 33.2. The molecule has 0 aliphatic carbocycles. The number of epoxide rings is 1. The molecule has 3 heterocycles. The molecule has 306 valence electrons. The molecule has 3 aliphatic heterocycles. The van der Waals surface area contributed by atoms with Crippen molar-refractivity contribution in [1.82, 2.24) is 10.2 Å². The maximum absolute atomic E-state index is 14.7. The minimum Gasteiger partial charge on any atom is -0.495 e. The Hall–Kier alpha value is -4.16. The number of fused-ring (bicyclic) bond motifs is 5. The Kier molecular flexibility index (Phi) is 12.9. The first kappa shape index (κ1) is 43.0. The minimum atomic E-state index is -1.79. The van der Waals surface area contributed by atoms with Crippen LogP contribution in [0.15, 0.2) is 48.1 Å². The van der Waals surface area contributed by atoms with E-state index < -0.39 is 101 Å². The van der Waals surface area contributed by atoms with Gasteiger partial charge >= 0.3 is 5.97 Å². The lowest BCUT2D eigenvalue weighted by molar-refractivity contribution is -0.271. The number of aliphatic hydroxyl groups excluding tert-OH is 1. The highest BCUT2D eigenvalue weighted by Gasteiger charge is 2.64. The van der Waals surface area contributed by atoms with Gasteiger partial charge in [-0.05, 0) is 51.0 Å². The molecule has 2 aromatic carbocycles. The molecule has 4 bridgehead atoms. The van der Waals surface area contributed by atoms with E-state index in [2.05, 4.69) is 5.32 Å². The van der Waals surface area contributed by atoms with Gasteiger partial charge in [-0.1, -0.05) is 42.3 Å². The lowest BCUT2D eigenvalue weighted by Gasteiger charge is -2.44. The summed E-state index contributed by atoms with van der Waals surface area (Å²) in [6.07, 6.45) is -0.220. The molecule has 14 nitrogen and oxygen atoms in total. The Bertz CT molecular complexity index is 1920. The molecule has 9 atom stereocenters. The van der Waals surface area contributed by atoms with Crippen molar-refractivity contribution in [2.45, 2.75) is 95.2 Å². The van der Waals surface area contributed by atoms with E-state index in [1.165, 1.54) is 40.1 Å². The summed E-state index contributed by atoms with van der Waals surface area (Å²) in [6, 6.07) is 3.46. The van der Waals surface area contributed by atoms with E-state index in [-0.39, 0.29) is 11.4 Å². The van der Waals surface area contributed by atoms with Crippen LogP contribution in [0.4, 0.5) is 20.2 Å². The molecule has 0 aromatic heterocycles. The van der Waals surface area contributed by atoms with Crippen LogP contribution in [0.1, 0.15) is 56.5 Å². The van der Waals surface area contributed by atoms with Crippen LogP contribution >= 0.6 is 11.6 Å². The van der Waals surface area contributed by atoms with Crippen LogP contribution in [0, 0.1) is 17.6 Å². The number of anilines is 2. The Morgan fingerprint density at radius 3 is 2.55 bits per heavy atom. The third-order valence-corrected chi connectivity index (χ3v) is 11.2. The first-order valence-electron chi connectivity index (χ1n) is 18.0. The number of aliphatic hydroxyl groups is 2. The number of allylic oxidation sites excluding steroid dienone is 3. The average Bonchev–Trinajstić information content (AvgIpc) is 3.84. The lowest BCUT2D eigenvalue weighted by Crippen LogP contribution is -2.65. The van der Waals surface area contributed by atoms with Gasteiger partial charge in [-0.3, -0.25) is 9.59 Å². The number of hydrogen-bond acceptors (Lipinski definition) is 12. The quantitative estimate of drug-likeness (QED) is 0.188. The SMILES string of the molecule is COc1cc2cc(c1Cl)N(C)C(=O)C[C@H](OC(=O)[C@H](C)N(C)C(=O)c1cc(F)c(N)cc1F)[C@]1(C)O[C@H]1[C@H](C)[C@@H]1C[C@@](O)(NC(O)O1)[C@H](OC)/C=C/C=C(\C)C2. The number of likely N-dealkylation sites (N-methyl/N-ethyl adjacent to an activating group) is 1. The second-order valence-corrected chi connectivity index (χ2v) is 15.1. The van der Waals surface area contributed by atoms with Gasteiger partial charge in [0.25, 0.3) is 5.91 Å². The Balaban J connectivity index is 1.52. The number of amides is 2. The normalized spacial score (nSPS) is 31.7. The van der Waals surface area contributed by atoms with E-state index in [0.717, 1.165) is 16.0 Å². The highest BCUT2D eigenvalue weighted by atomic mass is 35.5. The fourth-order valence-electron chi connectivity index (χ4n) is 7.21. The average molecular weight is 807 g/mol. The van der Waals surface area contributed by atoms with E-state index in [0.29, 0.717) is 30.0 Å².